The van der Waals surface area contributed by atoms with Crippen LogP contribution in [0.4, 0.5) is 0 Å². The van der Waals surface area contributed by atoms with E-state index >= 15 is 0 Å². The highest BCUT2D eigenvalue weighted by Gasteiger charge is 2.14. The molecule has 0 saturated heterocycles. The third kappa shape index (κ3) is 6.59. The molecular formula is C17H25NO5. The summed E-state index contributed by atoms with van der Waals surface area (Å²) in [7, 11) is 0. The number of hydrogen-bond donors (Lipinski definition) is 2. The van der Waals surface area contributed by atoms with Gasteiger partial charge in [-0.15, -0.1) is 0 Å². The molecule has 23 heavy (non-hydrogen) atoms. The van der Waals surface area contributed by atoms with Crippen LogP contribution in [0, 0.1) is 0 Å². The Labute approximate surface area is 136 Å². The molecule has 0 spiro atoms. The Balaban J connectivity index is 2.76. The fourth-order valence-electron chi connectivity index (χ4n) is 1.97. The SMILES string of the molecule is CCCOc1ccc(C(=O)NC(C)CCC(=O)O)cc1OCC. The van der Waals surface area contributed by atoms with Crippen LogP contribution in [0.5, 0.6) is 11.5 Å². The van der Waals surface area contributed by atoms with Crippen molar-refractivity contribution in [3.8, 4) is 11.5 Å². The van der Waals surface area contributed by atoms with Gasteiger partial charge in [0, 0.05) is 18.0 Å². The fraction of sp³-hybridized carbons (Fsp3) is 0.529. The van der Waals surface area contributed by atoms with E-state index < -0.39 is 5.97 Å². The molecule has 6 nitrogen and oxygen atoms in total. The summed E-state index contributed by atoms with van der Waals surface area (Å²) in [6.45, 7) is 6.72. The van der Waals surface area contributed by atoms with Gasteiger partial charge in [0.2, 0.25) is 0 Å². The van der Waals surface area contributed by atoms with Crippen molar-refractivity contribution in [2.45, 2.75) is 46.1 Å². The lowest BCUT2D eigenvalue weighted by atomic mass is 10.1. The van der Waals surface area contributed by atoms with Gasteiger partial charge in [0.05, 0.1) is 13.2 Å². The number of ether oxygens (including phenoxy) is 2. The molecule has 0 aliphatic carbocycles. The first kappa shape index (κ1) is 18.8. The van der Waals surface area contributed by atoms with Gasteiger partial charge in [0.15, 0.2) is 11.5 Å². The molecule has 1 rings (SSSR count). The van der Waals surface area contributed by atoms with Gasteiger partial charge in [-0.1, -0.05) is 6.92 Å². The maximum absolute atomic E-state index is 12.2. The Morgan fingerprint density at radius 1 is 1.22 bits per heavy atom. The molecule has 1 atom stereocenters. The highest BCUT2D eigenvalue weighted by Crippen LogP contribution is 2.28. The summed E-state index contributed by atoms with van der Waals surface area (Å²) >= 11 is 0. The zero-order chi connectivity index (χ0) is 17.2. The van der Waals surface area contributed by atoms with Gasteiger partial charge in [-0.05, 0) is 44.9 Å². The van der Waals surface area contributed by atoms with Crippen molar-refractivity contribution in [2.75, 3.05) is 13.2 Å². The first-order chi connectivity index (χ1) is 11.0. The number of carboxylic acids is 1. The summed E-state index contributed by atoms with van der Waals surface area (Å²) < 4.78 is 11.1. The van der Waals surface area contributed by atoms with Crippen molar-refractivity contribution in [3.05, 3.63) is 23.8 Å². The molecular weight excluding hydrogens is 298 g/mol. The maximum Gasteiger partial charge on any atom is 0.303 e. The molecule has 0 aliphatic rings. The minimum Gasteiger partial charge on any atom is -0.490 e. The first-order valence-electron chi connectivity index (χ1n) is 7.90. The van der Waals surface area contributed by atoms with Crippen molar-refractivity contribution in [1.29, 1.82) is 0 Å². The Bertz CT molecular complexity index is 530. The molecule has 1 unspecified atom stereocenters. The van der Waals surface area contributed by atoms with Crippen LogP contribution in [0.25, 0.3) is 0 Å². The fourth-order valence-corrected chi connectivity index (χ4v) is 1.97. The van der Waals surface area contributed by atoms with Crippen LogP contribution in [-0.2, 0) is 4.79 Å². The highest BCUT2D eigenvalue weighted by atomic mass is 16.5. The largest absolute Gasteiger partial charge is 0.490 e. The van der Waals surface area contributed by atoms with Crippen molar-refractivity contribution >= 4 is 11.9 Å². The molecule has 2 N–H and O–H groups in total. The molecule has 0 fully saturated rings. The number of benzene rings is 1. The summed E-state index contributed by atoms with van der Waals surface area (Å²) in [5.74, 6) is 0.0176. The number of rotatable bonds is 10. The van der Waals surface area contributed by atoms with Crippen LogP contribution in [0.3, 0.4) is 0 Å². The Morgan fingerprint density at radius 3 is 2.57 bits per heavy atom. The molecule has 0 saturated carbocycles. The number of carbonyl (C=O) groups is 2. The van der Waals surface area contributed by atoms with Crippen molar-refractivity contribution in [1.82, 2.24) is 5.32 Å². The van der Waals surface area contributed by atoms with Gasteiger partial charge in [0.25, 0.3) is 5.91 Å². The number of amides is 1. The van der Waals surface area contributed by atoms with E-state index in [1.54, 1.807) is 25.1 Å². The molecule has 1 amide bonds. The summed E-state index contributed by atoms with van der Waals surface area (Å²) in [5.41, 5.74) is 0.458. The standard InChI is InChI=1S/C17H25NO5/c1-4-10-23-14-8-7-13(11-15(14)22-5-2)17(21)18-12(3)6-9-16(19)20/h7-8,11-12H,4-6,9-10H2,1-3H3,(H,18,21)(H,19,20). The summed E-state index contributed by atoms with van der Waals surface area (Å²) in [5, 5.41) is 11.5. The second kappa shape index (κ2) is 9.71. The summed E-state index contributed by atoms with van der Waals surface area (Å²) in [4.78, 5) is 22.8. The Hall–Kier alpha value is -2.24. The average molecular weight is 323 g/mol. The van der Waals surface area contributed by atoms with Crippen LogP contribution in [-0.4, -0.2) is 36.2 Å². The number of nitrogens with one attached hydrogen (secondary N) is 1. The summed E-state index contributed by atoms with van der Waals surface area (Å²) in [6.07, 6.45) is 1.29. The number of carbonyl (C=O) groups excluding carboxylic acids is 1. The average Bonchev–Trinajstić information content (AvgIpc) is 2.52. The van der Waals surface area contributed by atoms with Gasteiger partial charge in [-0.3, -0.25) is 9.59 Å². The third-order valence-corrected chi connectivity index (χ3v) is 3.14. The predicted octanol–water partition coefficient (Wildman–Crippen LogP) is 2.86. The van der Waals surface area contributed by atoms with Crippen LogP contribution in [0.2, 0.25) is 0 Å². The van der Waals surface area contributed by atoms with Crippen LogP contribution < -0.4 is 14.8 Å². The van der Waals surface area contributed by atoms with Crippen molar-refractivity contribution in [3.63, 3.8) is 0 Å². The van der Waals surface area contributed by atoms with Crippen LogP contribution in [0.1, 0.15) is 50.4 Å². The first-order valence-corrected chi connectivity index (χ1v) is 7.90. The normalized spacial score (nSPS) is 11.6. The molecule has 1 aromatic rings. The predicted molar refractivity (Wildman–Crippen MR) is 87.2 cm³/mol. The van der Waals surface area contributed by atoms with Crippen LogP contribution >= 0.6 is 0 Å². The lowest BCUT2D eigenvalue weighted by Gasteiger charge is -2.15. The molecule has 0 heterocycles. The second-order valence-corrected chi connectivity index (χ2v) is 5.25. The molecule has 6 heteroatoms. The van der Waals surface area contributed by atoms with Gasteiger partial charge in [-0.25, -0.2) is 0 Å². The lowest BCUT2D eigenvalue weighted by Crippen LogP contribution is -2.32. The number of aliphatic carboxylic acids is 1. The number of carboxylic acid groups (broad SMARTS) is 1. The van der Waals surface area contributed by atoms with Gasteiger partial charge >= 0.3 is 5.97 Å². The zero-order valence-electron chi connectivity index (χ0n) is 13.9. The Morgan fingerprint density at radius 2 is 1.96 bits per heavy atom. The van der Waals surface area contributed by atoms with E-state index in [0.717, 1.165) is 6.42 Å². The van der Waals surface area contributed by atoms with E-state index in [1.165, 1.54) is 0 Å². The van der Waals surface area contributed by atoms with Gasteiger partial charge in [0.1, 0.15) is 0 Å². The highest BCUT2D eigenvalue weighted by molar-refractivity contribution is 5.95. The van der Waals surface area contributed by atoms with Gasteiger partial charge < -0.3 is 19.9 Å². The monoisotopic (exact) mass is 323 g/mol. The minimum atomic E-state index is -0.873. The lowest BCUT2D eigenvalue weighted by molar-refractivity contribution is -0.137. The van der Waals surface area contributed by atoms with Crippen LogP contribution in [0.15, 0.2) is 18.2 Å². The van der Waals surface area contributed by atoms with E-state index in [0.29, 0.717) is 36.7 Å². The molecule has 0 aliphatic heterocycles. The van der Waals surface area contributed by atoms with Crippen molar-refractivity contribution < 1.29 is 24.2 Å². The van der Waals surface area contributed by atoms with E-state index in [4.69, 9.17) is 14.6 Å². The zero-order valence-corrected chi connectivity index (χ0v) is 13.9. The Kier molecular flexibility index (Phi) is 7.94. The maximum atomic E-state index is 12.2. The smallest absolute Gasteiger partial charge is 0.303 e. The molecule has 0 bridgehead atoms. The second-order valence-electron chi connectivity index (χ2n) is 5.25. The molecule has 1 aromatic carbocycles. The topological polar surface area (TPSA) is 84.9 Å². The van der Waals surface area contributed by atoms with E-state index in [1.807, 2.05) is 13.8 Å². The minimum absolute atomic E-state index is 0.0233. The van der Waals surface area contributed by atoms with Crippen molar-refractivity contribution in [2.24, 2.45) is 0 Å². The van der Waals surface area contributed by atoms with E-state index in [2.05, 4.69) is 5.32 Å². The molecule has 0 radical (unpaired) electrons. The molecule has 0 aromatic heterocycles. The summed E-state index contributed by atoms with van der Waals surface area (Å²) in [6, 6.07) is 4.82. The number of hydrogen-bond acceptors (Lipinski definition) is 4. The third-order valence-electron chi connectivity index (χ3n) is 3.14. The van der Waals surface area contributed by atoms with E-state index in [9.17, 15) is 9.59 Å². The van der Waals surface area contributed by atoms with E-state index in [-0.39, 0.29) is 18.4 Å². The van der Waals surface area contributed by atoms with Gasteiger partial charge in [-0.2, -0.15) is 0 Å². The molecule has 128 valence electrons. The quantitative estimate of drug-likeness (QED) is 0.691.